The molecule has 23 heavy (non-hydrogen) atoms. The number of aromatic nitrogens is 1. The average Bonchev–Trinajstić information content (AvgIpc) is 3.15. The third kappa shape index (κ3) is 3.88. The van der Waals surface area contributed by atoms with Gasteiger partial charge in [-0.05, 0) is 40.2 Å². The fourth-order valence-electron chi connectivity index (χ4n) is 2.29. The van der Waals surface area contributed by atoms with Crippen LogP contribution in [0.3, 0.4) is 0 Å². The smallest absolute Gasteiger partial charge is 0.131 e. The Balaban J connectivity index is 1.95. The second-order valence-corrected chi connectivity index (χ2v) is 8.63. The summed E-state index contributed by atoms with van der Waals surface area (Å²) >= 11 is 13.4. The Labute approximate surface area is 157 Å². The lowest BCUT2D eigenvalue weighted by atomic mass is 10.1. The molecule has 0 aliphatic carbocycles. The fourth-order valence-corrected chi connectivity index (χ4v) is 5.17. The molecular formula is C16H17BrClN3S2. The van der Waals surface area contributed by atoms with Crippen LogP contribution in [0.25, 0.3) is 10.2 Å². The maximum absolute atomic E-state index is 6.21. The molecule has 3 N–H and O–H groups in total. The molecule has 0 amide bonds. The summed E-state index contributed by atoms with van der Waals surface area (Å²) in [5.74, 6) is 0. The van der Waals surface area contributed by atoms with E-state index in [4.69, 9.17) is 17.3 Å². The minimum atomic E-state index is 0.164. The van der Waals surface area contributed by atoms with Gasteiger partial charge < -0.3 is 11.1 Å². The van der Waals surface area contributed by atoms with Gasteiger partial charge in [0, 0.05) is 28.4 Å². The van der Waals surface area contributed by atoms with Crippen LogP contribution in [0, 0.1) is 0 Å². The predicted molar refractivity (Wildman–Crippen MR) is 106 cm³/mol. The molecule has 0 aliphatic rings. The van der Waals surface area contributed by atoms with Gasteiger partial charge in [-0.2, -0.15) is 0 Å². The molecule has 1 atom stereocenters. The summed E-state index contributed by atoms with van der Waals surface area (Å²) in [5.41, 5.74) is 8.05. The van der Waals surface area contributed by atoms with Crippen molar-refractivity contribution >= 4 is 66.1 Å². The van der Waals surface area contributed by atoms with Crippen molar-refractivity contribution in [3.8, 4) is 0 Å². The van der Waals surface area contributed by atoms with E-state index in [9.17, 15) is 0 Å². The summed E-state index contributed by atoms with van der Waals surface area (Å²) in [4.78, 5) is 7.00. The van der Waals surface area contributed by atoms with Crippen LogP contribution in [0.15, 0.2) is 28.1 Å². The zero-order valence-corrected chi connectivity index (χ0v) is 16.6. The average molecular weight is 431 g/mol. The van der Waals surface area contributed by atoms with Crippen molar-refractivity contribution in [3.63, 3.8) is 0 Å². The molecule has 0 bridgehead atoms. The van der Waals surface area contributed by atoms with Gasteiger partial charge in [0.15, 0.2) is 0 Å². The van der Waals surface area contributed by atoms with E-state index in [0.29, 0.717) is 5.15 Å². The maximum Gasteiger partial charge on any atom is 0.131 e. The number of hydrogen-bond donors (Lipinski definition) is 2. The number of nitrogens with one attached hydrogen (secondary N) is 1. The van der Waals surface area contributed by atoms with E-state index < -0.39 is 0 Å². The van der Waals surface area contributed by atoms with Crippen LogP contribution in [0.5, 0.6) is 0 Å². The van der Waals surface area contributed by atoms with Crippen LogP contribution < -0.4 is 11.1 Å². The minimum Gasteiger partial charge on any atom is -0.379 e. The summed E-state index contributed by atoms with van der Waals surface area (Å²) in [6.07, 6.45) is 1.80. The van der Waals surface area contributed by atoms with Gasteiger partial charge >= 0.3 is 0 Å². The summed E-state index contributed by atoms with van der Waals surface area (Å²) in [7, 11) is 0. The Bertz CT molecular complexity index is 801. The zero-order valence-electron chi connectivity index (χ0n) is 12.6. The van der Waals surface area contributed by atoms with Crippen LogP contribution in [0.4, 0.5) is 5.69 Å². The zero-order chi connectivity index (χ0) is 16.4. The van der Waals surface area contributed by atoms with Crippen LogP contribution >= 0.6 is 50.2 Å². The van der Waals surface area contributed by atoms with Crippen molar-refractivity contribution in [3.05, 3.63) is 43.0 Å². The van der Waals surface area contributed by atoms with Gasteiger partial charge in [0.1, 0.15) is 5.15 Å². The monoisotopic (exact) mass is 429 g/mol. The van der Waals surface area contributed by atoms with Crippen molar-refractivity contribution in [1.29, 1.82) is 0 Å². The van der Waals surface area contributed by atoms with Gasteiger partial charge in [0.05, 0.1) is 20.4 Å². The predicted octanol–water partition coefficient (Wildman–Crippen LogP) is 5.67. The molecule has 0 radical (unpaired) electrons. The first kappa shape index (κ1) is 17.2. The molecule has 122 valence electrons. The molecule has 0 saturated heterocycles. The number of halogens is 2. The van der Waals surface area contributed by atoms with Gasteiger partial charge in [-0.1, -0.05) is 24.6 Å². The second kappa shape index (κ2) is 7.49. The van der Waals surface area contributed by atoms with E-state index >= 15 is 0 Å². The standard InChI is InChI=1S/C16H17BrClN3S2/c1-2-9(19)6-12-14(17)15-16(23-12)11(7-13(18)21-15)20-8-10-4-3-5-22-10/h3-5,7,9H,2,6,8,19H2,1H3,(H,20,21)/t9-/m0/s1. The largest absolute Gasteiger partial charge is 0.379 e. The summed E-state index contributed by atoms with van der Waals surface area (Å²) < 4.78 is 2.14. The molecular weight excluding hydrogens is 414 g/mol. The molecule has 3 nitrogen and oxygen atoms in total. The number of fused-ring (bicyclic) bond motifs is 1. The Morgan fingerprint density at radius 3 is 3.00 bits per heavy atom. The quantitative estimate of drug-likeness (QED) is 0.496. The third-order valence-electron chi connectivity index (χ3n) is 3.62. The highest BCUT2D eigenvalue weighted by atomic mass is 79.9. The maximum atomic E-state index is 6.21. The molecule has 7 heteroatoms. The number of thiophene rings is 2. The van der Waals surface area contributed by atoms with Gasteiger partial charge in [0.25, 0.3) is 0 Å². The summed E-state index contributed by atoms with van der Waals surface area (Å²) in [6.45, 7) is 2.89. The topological polar surface area (TPSA) is 50.9 Å². The second-order valence-electron chi connectivity index (χ2n) is 5.31. The van der Waals surface area contributed by atoms with Crippen LogP contribution in [0.2, 0.25) is 5.15 Å². The Hall–Kier alpha value is -0.660. The molecule has 3 aromatic rings. The van der Waals surface area contributed by atoms with Gasteiger partial charge in [-0.25, -0.2) is 4.98 Å². The van der Waals surface area contributed by atoms with E-state index in [1.165, 1.54) is 9.75 Å². The molecule has 3 heterocycles. The third-order valence-corrected chi connectivity index (χ3v) is 7.05. The number of nitrogens with zero attached hydrogens (tertiary/aromatic N) is 1. The SMILES string of the molecule is CC[C@H](N)Cc1sc2c(NCc3cccs3)cc(Cl)nc2c1Br. The highest BCUT2D eigenvalue weighted by Crippen LogP contribution is 2.40. The van der Waals surface area contributed by atoms with Gasteiger partial charge in [0.2, 0.25) is 0 Å². The first-order chi connectivity index (χ1) is 11.1. The van der Waals surface area contributed by atoms with E-state index in [-0.39, 0.29) is 6.04 Å². The van der Waals surface area contributed by atoms with Crippen molar-refractivity contribution < 1.29 is 0 Å². The molecule has 0 unspecified atom stereocenters. The van der Waals surface area contributed by atoms with Gasteiger partial charge in [-0.15, -0.1) is 22.7 Å². The highest BCUT2D eigenvalue weighted by molar-refractivity contribution is 9.10. The van der Waals surface area contributed by atoms with Crippen molar-refractivity contribution in [2.24, 2.45) is 5.73 Å². The fraction of sp³-hybridized carbons (Fsp3) is 0.312. The molecule has 3 rings (SSSR count). The Morgan fingerprint density at radius 2 is 2.30 bits per heavy atom. The van der Waals surface area contributed by atoms with E-state index in [1.807, 2.05) is 6.07 Å². The number of nitrogens with two attached hydrogens (primary N) is 1. The Kier molecular flexibility index (Phi) is 5.59. The minimum absolute atomic E-state index is 0.164. The summed E-state index contributed by atoms with van der Waals surface area (Å²) in [5, 5.41) is 6.06. The highest BCUT2D eigenvalue weighted by Gasteiger charge is 2.17. The molecule has 0 aliphatic heterocycles. The molecule has 3 aromatic heterocycles. The number of hydrogen-bond acceptors (Lipinski definition) is 5. The van der Waals surface area contributed by atoms with Gasteiger partial charge in [-0.3, -0.25) is 0 Å². The van der Waals surface area contributed by atoms with Crippen LogP contribution in [0.1, 0.15) is 23.1 Å². The van der Waals surface area contributed by atoms with E-state index in [1.54, 1.807) is 22.7 Å². The normalized spacial score (nSPS) is 12.7. The Morgan fingerprint density at radius 1 is 1.48 bits per heavy atom. The number of anilines is 1. The van der Waals surface area contributed by atoms with Crippen LogP contribution in [-0.2, 0) is 13.0 Å². The number of rotatable bonds is 6. The molecule has 0 saturated carbocycles. The number of pyridine rings is 1. The lowest BCUT2D eigenvalue weighted by molar-refractivity contribution is 0.651. The first-order valence-corrected chi connectivity index (χ1v) is 10.2. The van der Waals surface area contributed by atoms with Crippen LogP contribution in [-0.4, -0.2) is 11.0 Å². The van der Waals surface area contributed by atoms with E-state index in [2.05, 4.69) is 50.7 Å². The molecule has 0 aromatic carbocycles. The first-order valence-electron chi connectivity index (χ1n) is 7.37. The van der Waals surface area contributed by atoms with Crippen molar-refractivity contribution in [2.75, 3.05) is 5.32 Å². The molecule has 0 fully saturated rings. The lowest BCUT2D eigenvalue weighted by Gasteiger charge is -2.06. The lowest BCUT2D eigenvalue weighted by Crippen LogP contribution is -2.20. The van der Waals surface area contributed by atoms with E-state index in [0.717, 1.165) is 39.8 Å². The van der Waals surface area contributed by atoms with Crippen molar-refractivity contribution in [1.82, 2.24) is 4.98 Å². The summed E-state index contributed by atoms with van der Waals surface area (Å²) in [6, 6.07) is 6.23. The molecule has 0 spiro atoms. The van der Waals surface area contributed by atoms with Crippen molar-refractivity contribution in [2.45, 2.75) is 32.4 Å².